The van der Waals surface area contributed by atoms with Gasteiger partial charge >= 0.3 is 0 Å². The first kappa shape index (κ1) is 22.5. The lowest BCUT2D eigenvalue weighted by molar-refractivity contribution is -0.118. The number of aryl methyl sites for hydroxylation is 1. The van der Waals surface area contributed by atoms with E-state index in [1.807, 2.05) is 4.68 Å². The second-order valence-electron chi connectivity index (χ2n) is 8.60. The molecule has 3 heterocycles. The maximum absolute atomic E-state index is 11.0. The van der Waals surface area contributed by atoms with Crippen LogP contribution in [0.3, 0.4) is 0 Å². The first-order valence-corrected chi connectivity index (χ1v) is 11.7. The summed E-state index contributed by atoms with van der Waals surface area (Å²) in [4.78, 5) is 20.4. The summed E-state index contributed by atoms with van der Waals surface area (Å²) in [5.41, 5.74) is 9.12. The van der Waals surface area contributed by atoms with E-state index in [9.17, 15) is 4.79 Å². The summed E-state index contributed by atoms with van der Waals surface area (Å²) < 4.78 is 7.58. The molecular formula is C24H34N6O2. The fraction of sp³-hybridized carbons (Fsp3) is 0.542. The van der Waals surface area contributed by atoms with E-state index in [4.69, 9.17) is 10.5 Å². The quantitative estimate of drug-likeness (QED) is 0.487. The van der Waals surface area contributed by atoms with E-state index in [-0.39, 0.29) is 5.78 Å². The van der Waals surface area contributed by atoms with Gasteiger partial charge < -0.3 is 15.4 Å². The molecule has 1 saturated heterocycles. The zero-order valence-corrected chi connectivity index (χ0v) is 19.2. The molecule has 0 saturated carbocycles. The van der Waals surface area contributed by atoms with Crippen LogP contribution in [0, 0.1) is 0 Å². The number of hydrogen-bond acceptors (Lipinski definition) is 7. The van der Waals surface area contributed by atoms with Gasteiger partial charge in [0.2, 0.25) is 0 Å². The Labute approximate surface area is 189 Å². The van der Waals surface area contributed by atoms with Crippen molar-refractivity contribution in [2.24, 2.45) is 0 Å². The summed E-state index contributed by atoms with van der Waals surface area (Å²) in [6.45, 7) is 10.7. The topological polar surface area (TPSA) is 89.5 Å². The van der Waals surface area contributed by atoms with Crippen LogP contribution in [0.4, 0.5) is 11.5 Å². The molecule has 1 fully saturated rings. The predicted octanol–water partition coefficient (Wildman–Crippen LogP) is 3.08. The number of pyridine rings is 1. The number of piperazine rings is 1. The lowest BCUT2D eigenvalue weighted by atomic mass is 10.1. The third-order valence-electron chi connectivity index (χ3n) is 6.14. The largest absolute Gasteiger partial charge is 0.382 e. The van der Waals surface area contributed by atoms with Gasteiger partial charge in [0.05, 0.1) is 18.7 Å². The zero-order valence-electron chi connectivity index (χ0n) is 19.2. The SMILES string of the molecule is CCCCn1cc2c(n1)c(N)nc1ccc(N3CCN(CCOCCC(C)=O)CC3)cc12. The number of anilines is 2. The highest BCUT2D eigenvalue weighted by Gasteiger charge is 2.18. The monoisotopic (exact) mass is 438 g/mol. The van der Waals surface area contributed by atoms with E-state index in [0.717, 1.165) is 73.9 Å². The van der Waals surface area contributed by atoms with Crippen LogP contribution < -0.4 is 10.6 Å². The summed E-state index contributed by atoms with van der Waals surface area (Å²) >= 11 is 0. The van der Waals surface area contributed by atoms with Crippen molar-refractivity contribution in [3.05, 3.63) is 24.4 Å². The number of hydrogen-bond donors (Lipinski definition) is 1. The van der Waals surface area contributed by atoms with Gasteiger partial charge in [0.25, 0.3) is 0 Å². The Morgan fingerprint density at radius 3 is 2.69 bits per heavy atom. The van der Waals surface area contributed by atoms with Gasteiger partial charge in [0, 0.05) is 68.3 Å². The average Bonchev–Trinajstić information content (AvgIpc) is 3.23. The highest BCUT2D eigenvalue weighted by atomic mass is 16.5. The minimum atomic E-state index is 0.178. The summed E-state index contributed by atoms with van der Waals surface area (Å²) in [6, 6.07) is 6.44. The number of ether oxygens (including phenoxy) is 1. The minimum absolute atomic E-state index is 0.178. The van der Waals surface area contributed by atoms with Crippen molar-refractivity contribution in [1.82, 2.24) is 19.7 Å². The molecule has 2 N–H and O–H groups in total. The van der Waals surface area contributed by atoms with Gasteiger partial charge in [-0.25, -0.2) is 4.98 Å². The van der Waals surface area contributed by atoms with Crippen LogP contribution >= 0.6 is 0 Å². The number of benzene rings is 1. The Morgan fingerprint density at radius 2 is 1.94 bits per heavy atom. The van der Waals surface area contributed by atoms with Crippen molar-refractivity contribution in [2.45, 2.75) is 39.7 Å². The lowest BCUT2D eigenvalue weighted by Crippen LogP contribution is -2.47. The number of unbranched alkanes of at least 4 members (excludes halogenated alkanes) is 1. The number of Topliss-reactive ketones (excluding diaryl/α,β-unsaturated/α-hetero) is 1. The molecule has 0 spiro atoms. The number of fused-ring (bicyclic) bond motifs is 3. The maximum atomic E-state index is 11.0. The molecule has 0 unspecified atom stereocenters. The first-order chi connectivity index (χ1) is 15.5. The third kappa shape index (κ3) is 5.19. The molecule has 0 atom stereocenters. The summed E-state index contributed by atoms with van der Waals surface area (Å²) in [6.07, 6.45) is 4.84. The lowest BCUT2D eigenvalue weighted by Gasteiger charge is -2.36. The second kappa shape index (κ2) is 10.3. The van der Waals surface area contributed by atoms with Crippen LogP contribution in [0.5, 0.6) is 0 Å². The summed E-state index contributed by atoms with van der Waals surface area (Å²) in [5.74, 6) is 0.673. The number of nitrogens with two attached hydrogens (primary N) is 1. The van der Waals surface area contributed by atoms with E-state index in [0.29, 0.717) is 25.5 Å². The van der Waals surface area contributed by atoms with Crippen molar-refractivity contribution in [3.8, 4) is 0 Å². The molecule has 0 amide bonds. The van der Waals surface area contributed by atoms with Gasteiger partial charge in [-0.05, 0) is 31.5 Å². The number of ketones is 1. The molecule has 0 bridgehead atoms. The third-order valence-corrected chi connectivity index (χ3v) is 6.14. The number of carbonyl (C=O) groups excluding carboxylic acids is 1. The second-order valence-corrected chi connectivity index (χ2v) is 8.60. The van der Waals surface area contributed by atoms with Crippen LogP contribution in [-0.4, -0.2) is 71.4 Å². The molecule has 172 valence electrons. The molecule has 32 heavy (non-hydrogen) atoms. The molecule has 1 aromatic carbocycles. The Morgan fingerprint density at radius 1 is 1.12 bits per heavy atom. The molecule has 4 rings (SSSR count). The van der Waals surface area contributed by atoms with Gasteiger partial charge in [-0.15, -0.1) is 0 Å². The first-order valence-electron chi connectivity index (χ1n) is 11.7. The number of nitrogen functional groups attached to an aromatic ring is 1. The summed E-state index contributed by atoms with van der Waals surface area (Å²) in [7, 11) is 0. The highest BCUT2D eigenvalue weighted by Crippen LogP contribution is 2.30. The Kier molecular flexibility index (Phi) is 7.22. The van der Waals surface area contributed by atoms with Crippen LogP contribution in [0.15, 0.2) is 24.4 Å². The van der Waals surface area contributed by atoms with E-state index < -0.39 is 0 Å². The highest BCUT2D eigenvalue weighted by molar-refractivity contribution is 6.08. The minimum Gasteiger partial charge on any atom is -0.382 e. The summed E-state index contributed by atoms with van der Waals surface area (Å²) in [5, 5.41) is 6.86. The average molecular weight is 439 g/mol. The molecule has 0 aliphatic carbocycles. The molecule has 3 aromatic rings. The van der Waals surface area contributed by atoms with Crippen molar-refractivity contribution >= 4 is 39.1 Å². The van der Waals surface area contributed by atoms with E-state index in [1.54, 1.807) is 6.92 Å². The number of carbonyl (C=O) groups is 1. The fourth-order valence-corrected chi connectivity index (χ4v) is 4.20. The molecule has 8 nitrogen and oxygen atoms in total. The van der Waals surface area contributed by atoms with Crippen LogP contribution in [-0.2, 0) is 16.1 Å². The predicted molar refractivity (Wildman–Crippen MR) is 129 cm³/mol. The Hall–Kier alpha value is -2.71. The van der Waals surface area contributed by atoms with E-state index >= 15 is 0 Å². The molecule has 1 aliphatic rings. The Bertz CT molecular complexity index is 1070. The fourth-order valence-electron chi connectivity index (χ4n) is 4.20. The zero-order chi connectivity index (χ0) is 22.5. The van der Waals surface area contributed by atoms with Gasteiger partial charge in [0.15, 0.2) is 5.82 Å². The maximum Gasteiger partial charge on any atom is 0.152 e. The van der Waals surface area contributed by atoms with Crippen LogP contribution in [0.1, 0.15) is 33.1 Å². The molecule has 2 aromatic heterocycles. The van der Waals surface area contributed by atoms with Crippen LogP contribution in [0.2, 0.25) is 0 Å². The smallest absolute Gasteiger partial charge is 0.152 e. The molecule has 8 heteroatoms. The van der Waals surface area contributed by atoms with Crippen molar-refractivity contribution in [2.75, 3.05) is 56.6 Å². The molecule has 0 radical (unpaired) electrons. The number of nitrogens with zero attached hydrogens (tertiary/aromatic N) is 5. The van der Waals surface area contributed by atoms with E-state index in [2.05, 4.69) is 51.2 Å². The molecular weight excluding hydrogens is 404 g/mol. The molecule has 1 aliphatic heterocycles. The van der Waals surface area contributed by atoms with Crippen molar-refractivity contribution in [1.29, 1.82) is 0 Å². The number of rotatable bonds is 10. The normalized spacial score (nSPS) is 15.1. The van der Waals surface area contributed by atoms with Gasteiger partial charge in [-0.1, -0.05) is 13.3 Å². The standard InChI is InChI=1S/C24H34N6O2/c1-3-4-8-30-17-21-20-16-19(5-6-22(20)26-24(25)23(21)27-30)29-11-9-28(10-12-29)13-15-32-14-7-18(2)31/h5-6,16-17H,3-4,7-15H2,1-2H3,(H2,25,26). The van der Waals surface area contributed by atoms with Gasteiger partial charge in [0.1, 0.15) is 11.3 Å². The van der Waals surface area contributed by atoms with Crippen molar-refractivity contribution in [3.63, 3.8) is 0 Å². The number of aromatic nitrogens is 3. The van der Waals surface area contributed by atoms with Crippen LogP contribution in [0.25, 0.3) is 21.8 Å². The van der Waals surface area contributed by atoms with E-state index in [1.165, 1.54) is 5.69 Å². The Balaban J connectivity index is 1.42. The van der Waals surface area contributed by atoms with Gasteiger partial charge in [-0.2, -0.15) is 5.10 Å². The van der Waals surface area contributed by atoms with Crippen molar-refractivity contribution < 1.29 is 9.53 Å². The van der Waals surface area contributed by atoms with Gasteiger partial charge in [-0.3, -0.25) is 14.4 Å².